The van der Waals surface area contributed by atoms with Gasteiger partial charge in [0.25, 0.3) is 5.69 Å². The number of sulfonamides is 1. The molecule has 1 N–H and O–H groups in total. The summed E-state index contributed by atoms with van der Waals surface area (Å²) >= 11 is 0. The van der Waals surface area contributed by atoms with E-state index in [0.29, 0.717) is 4.31 Å². The standard InChI is InChI=1S/C19H23F3N4O6S/c1-17(2,3)32-16(27)23-15-24-19(12-9-11(26(28)29)5-6-13(12)20)8-7-18(21,22)10-14(19)33(30,31)25(15)4/h5-6,9,14H,7-8,10H2,1-4H3,(H,23,24,27). The van der Waals surface area contributed by atoms with Gasteiger partial charge >= 0.3 is 6.09 Å². The zero-order valence-electron chi connectivity index (χ0n) is 18.3. The molecule has 182 valence electrons. The largest absolute Gasteiger partial charge is 0.444 e. The predicted molar refractivity (Wildman–Crippen MR) is 111 cm³/mol. The lowest BCUT2D eigenvalue weighted by Crippen LogP contribution is -2.62. The van der Waals surface area contributed by atoms with Crippen LogP contribution in [0, 0.1) is 15.9 Å². The lowest BCUT2D eigenvalue weighted by molar-refractivity contribution is -0.385. The number of hydrogen-bond donors (Lipinski definition) is 1. The van der Waals surface area contributed by atoms with Crippen LogP contribution >= 0.6 is 0 Å². The first-order valence-electron chi connectivity index (χ1n) is 9.88. The number of guanidine groups is 1. The summed E-state index contributed by atoms with van der Waals surface area (Å²) in [6.45, 7) is 4.69. The Labute approximate surface area is 188 Å². The second-order valence-corrected chi connectivity index (χ2v) is 11.1. The van der Waals surface area contributed by atoms with Gasteiger partial charge in [0, 0.05) is 37.6 Å². The number of hydrogen-bond acceptors (Lipinski definition) is 7. The normalized spacial score (nSPS) is 26.1. The van der Waals surface area contributed by atoms with Crippen molar-refractivity contribution in [3.05, 3.63) is 39.7 Å². The molecular formula is C19H23F3N4O6S. The van der Waals surface area contributed by atoms with Crippen molar-refractivity contribution in [3.8, 4) is 0 Å². The fraction of sp³-hybridized carbons (Fsp3) is 0.579. The van der Waals surface area contributed by atoms with E-state index >= 15 is 0 Å². The summed E-state index contributed by atoms with van der Waals surface area (Å²) in [6.07, 6.45) is -3.72. The van der Waals surface area contributed by atoms with Crippen molar-refractivity contribution in [1.29, 1.82) is 0 Å². The van der Waals surface area contributed by atoms with Crippen LogP contribution in [0.2, 0.25) is 0 Å². The van der Waals surface area contributed by atoms with Gasteiger partial charge in [-0.15, -0.1) is 0 Å². The first kappa shape index (κ1) is 24.7. The van der Waals surface area contributed by atoms with E-state index < -0.39 is 85.6 Å². The van der Waals surface area contributed by atoms with Crippen LogP contribution in [-0.4, -0.2) is 53.5 Å². The third kappa shape index (κ3) is 4.61. The number of benzene rings is 1. The summed E-state index contributed by atoms with van der Waals surface area (Å²) in [5, 5.41) is 11.5. The van der Waals surface area contributed by atoms with Gasteiger partial charge in [-0.05, 0) is 33.3 Å². The summed E-state index contributed by atoms with van der Waals surface area (Å²) in [7, 11) is -3.61. The number of rotatable bonds is 2. The number of nitrogens with one attached hydrogen (secondary N) is 1. The van der Waals surface area contributed by atoms with Crippen LogP contribution in [-0.2, 0) is 20.3 Å². The van der Waals surface area contributed by atoms with Crippen molar-refractivity contribution in [1.82, 2.24) is 9.62 Å². The van der Waals surface area contributed by atoms with Crippen LogP contribution < -0.4 is 5.32 Å². The van der Waals surface area contributed by atoms with E-state index in [2.05, 4.69) is 10.3 Å². The van der Waals surface area contributed by atoms with E-state index in [4.69, 9.17) is 4.74 Å². The Bertz CT molecular complexity index is 1130. The molecule has 1 heterocycles. The molecule has 0 bridgehead atoms. The number of alkyl carbamates (subject to hydrolysis) is 1. The third-order valence-electron chi connectivity index (χ3n) is 5.47. The van der Waals surface area contributed by atoms with Crippen LogP contribution in [0.15, 0.2) is 23.2 Å². The monoisotopic (exact) mass is 492 g/mol. The summed E-state index contributed by atoms with van der Waals surface area (Å²) in [6, 6.07) is 2.42. The van der Waals surface area contributed by atoms with Crippen LogP contribution in [0.1, 0.15) is 45.6 Å². The first-order chi connectivity index (χ1) is 15.0. The van der Waals surface area contributed by atoms with Gasteiger partial charge in [0.15, 0.2) is 0 Å². The summed E-state index contributed by atoms with van der Waals surface area (Å²) in [4.78, 5) is 27.0. The molecule has 14 heteroatoms. The Morgan fingerprint density at radius 1 is 1.33 bits per heavy atom. The molecule has 10 nitrogen and oxygen atoms in total. The SMILES string of the molecule is CN1C(NC(=O)OC(C)(C)C)=NC2(c3cc([N+](=O)[O-])ccc3F)CCC(F)(F)CC2S1(=O)=O. The van der Waals surface area contributed by atoms with Crippen LogP contribution in [0.25, 0.3) is 0 Å². The van der Waals surface area contributed by atoms with Crippen LogP contribution in [0.4, 0.5) is 23.7 Å². The molecule has 2 unspecified atom stereocenters. The molecule has 1 aliphatic carbocycles. The minimum atomic E-state index is -4.61. The van der Waals surface area contributed by atoms with Crippen molar-refractivity contribution in [3.63, 3.8) is 0 Å². The topological polar surface area (TPSA) is 131 Å². The number of nitro groups is 1. The lowest BCUT2D eigenvalue weighted by Gasteiger charge is -2.48. The maximum atomic E-state index is 14.9. The molecule has 1 aromatic rings. The van der Waals surface area contributed by atoms with E-state index in [1.54, 1.807) is 20.8 Å². The number of non-ortho nitro benzene ring substituents is 1. The van der Waals surface area contributed by atoms with Gasteiger partial charge in [0.05, 0.1) is 4.92 Å². The number of ether oxygens (including phenoxy) is 1. The fourth-order valence-corrected chi connectivity index (χ4v) is 5.91. The van der Waals surface area contributed by atoms with Gasteiger partial charge in [0.1, 0.15) is 22.2 Å². The molecule has 1 aliphatic heterocycles. The van der Waals surface area contributed by atoms with Crippen molar-refractivity contribution in [2.24, 2.45) is 4.99 Å². The van der Waals surface area contributed by atoms with Crippen LogP contribution in [0.5, 0.6) is 0 Å². The summed E-state index contributed by atoms with van der Waals surface area (Å²) < 4.78 is 75.8. The highest BCUT2D eigenvalue weighted by Crippen LogP contribution is 2.52. The number of halogens is 3. The minimum absolute atomic E-state index is 0.516. The Morgan fingerprint density at radius 2 is 1.97 bits per heavy atom. The quantitative estimate of drug-likeness (QED) is 0.498. The average Bonchev–Trinajstić information content (AvgIpc) is 2.66. The Morgan fingerprint density at radius 3 is 2.55 bits per heavy atom. The number of carbonyl (C=O) groups excluding carboxylic acids is 1. The number of fused-ring (bicyclic) bond motifs is 1. The molecule has 2 atom stereocenters. The number of aliphatic imine (C=N–C) groups is 1. The molecule has 0 aromatic heterocycles. The third-order valence-corrected chi connectivity index (χ3v) is 7.69. The van der Waals surface area contributed by atoms with Gasteiger partial charge in [-0.2, -0.15) is 0 Å². The Kier molecular flexibility index (Phi) is 5.88. The molecule has 1 aromatic carbocycles. The zero-order chi connectivity index (χ0) is 25.0. The fourth-order valence-electron chi connectivity index (χ4n) is 3.96. The predicted octanol–water partition coefficient (Wildman–Crippen LogP) is 3.27. The minimum Gasteiger partial charge on any atom is -0.444 e. The Hall–Kier alpha value is -2.90. The first-order valence-corrected chi connectivity index (χ1v) is 11.4. The molecule has 0 radical (unpaired) electrons. The Balaban J connectivity index is 2.24. The maximum Gasteiger partial charge on any atom is 0.414 e. The smallest absolute Gasteiger partial charge is 0.414 e. The lowest BCUT2D eigenvalue weighted by atomic mass is 9.74. The summed E-state index contributed by atoms with van der Waals surface area (Å²) in [5.74, 6) is -5.00. The van der Waals surface area contributed by atoms with E-state index in [0.717, 1.165) is 25.2 Å². The molecule has 0 saturated heterocycles. The second kappa shape index (κ2) is 7.85. The number of nitro benzene ring substituents is 1. The highest BCUT2D eigenvalue weighted by molar-refractivity contribution is 7.90. The molecule has 3 rings (SSSR count). The number of alkyl halides is 2. The van der Waals surface area contributed by atoms with Crippen molar-refractivity contribution < 1.29 is 36.0 Å². The van der Waals surface area contributed by atoms with Crippen LogP contribution in [0.3, 0.4) is 0 Å². The second-order valence-electron chi connectivity index (χ2n) is 8.97. The zero-order valence-corrected chi connectivity index (χ0v) is 19.1. The highest BCUT2D eigenvalue weighted by atomic mass is 32.2. The molecule has 33 heavy (non-hydrogen) atoms. The van der Waals surface area contributed by atoms with E-state index in [1.807, 2.05) is 0 Å². The molecule has 2 aliphatic rings. The van der Waals surface area contributed by atoms with Gasteiger partial charge < -0.3 is 4.74 Å². The van der Waals surface area contributed by atoms with Crippen molar-refractivity contribution >= 4 is 27.8 Å². The molecule has 1 fully saturated rings. The molecule has 1 saturated carbocycles. The van der Waals surface area contributed by atoms with Gasteiger partial charge in [-0.1, -0.05) is 0 Å². The average molecular weight is 492 g/mol. The maximum absolute atomic E-state index is 14.9. The van der Waals surface area contributed by atoms with Gasteiger partial charge in [-0.25, -0.2) is 35.7 Å². The highest BCUT2D eigenvalue weighted by Gasteiger charge is 2.61. The van der Waals surface area contributed by atoms with Crippen molar-refractivity contribution in [2.75, 3.05) is 7.05 Å². The van der Waals surface area contributed by atoms with Gasteiger partial charge in [-0.3, -0.25) is 15.4 Å². The molecule has 0 spiro atoms. The van der Waals surface area contributed by atoms with E-state index in [-0.39, 0.29) is 0 Å². The molecule has 1 amide bonds. The molecular weight excluding hydrogens is 469 g/mol. The number of carbonyl (C=O) groups is 1. The van der Waals surface area contributed by atoms with Crippen molar-refractivity contribution in [2.45, 2.75) is 62.3 Å². The van der Waals surface area contributed by atoms with Gasteiger partial charge in [0.2, 0.25) is 21.9 Å². The van der Waals surface area contributed by atoms with E-state index in [9.17, 15) is 36.5 Å². The summed E-state index contributed by atoms with van der Waals surface area (Å²) in [5.41, 5.74) is -4.16. The van der Waals surface area contributed by atoms with E-state index in [1.165, 1.54) is 0 Å². The number of amides is 1. The number of nitrogens with zero attached hydrogens (tertiary/aromatic N) is 3.